The van der Waals surface area contributed by atoms with Gasteiger partial charge in [0.05, 0.1) is 12.7 Å². The minimum absolute atomic E-state index is 0.210. The van der Waals surface area contributed by atoms with Crippen LogP contribution in [0.4, 0.5) is 0 Å². The Bertz CT molecular complexity index is 225. The summed E-state index contributed by atoms with van der Waals surface area (Å²) in [5, 5.41) is 10.4. The molecule has 1 fully saturated rings. The third kappa shape index (κ3) is 5.38. The third-order valence-corrected chi connectivity index (χ3v) is 4.19. The van der Waals surface area contributed by atoms with E-state index < -0.39 is 0 Å². The van der Waals surface area contributed by atoms with Crippen LogP contribution in [0.1, 0.15) is 33.1 Å². The maximum Gasteiger partial charge on any atom is 0.0700 e. The first-order chi connectivity index (χ1) is 9.10. The second kappa shape index (κ2) is 8.90. The van der Waals surface area contributed by atoms with Crippen LogP contribution in [0.25, 0.3) is 0 Å². The summed E-state index contributed by atoms with van der Waals surface area (Å²) < 4.78 is 10.3. The second-order valence-corrected chi connectivity index (χ2v) is 5.99. The standard InChI is InChI=1S/C15H31NO3/c1-12-10-13(2)15(14(17)11-12)16(7-9-19-4)6-5-8-18-3/h12-15,17H,5-11H2,1-4H3. The highest BCUT2D eigenvalue weighted by Gasteiger charge is 2.36. The number of methoxy groups -OCH3 is 2. The van der Waals surface area contributed by atoms with E-state index in [1.54, 1.807) is 14.2 Å². The van der Waals surface area contributed by atoms with Gasteiger partial charge in [-0.05, 0) is 31.1 Å². The second-order valence-electron chi connectivity index (χ2n) is 5.99. The van der Waals surface area contributed by atoms with E-state index in [0.717, 1.165) is 39.1 Å². The fraction of sp³-hybridized carbons (Fsp3) is 1.00. The highest BCUT2D eigenvalue weighted by Crippen LogP contribution is 2.32. The average Bonchev–Trinajstić information content (AvgIpc) is 2.34. The molecule has 0 amide bonds. The van der Waals surface area contributed by atoms with Gasteiger partial charge in [0.1, 0.15) is 0 Å². The molecule has 1 aliphatic rings. The van der Waals surface area contributed by atoms with E-state index in [4.69, 9.17) is 9.47 Å². The molecule has 19 heavy (non-hydrogen) atoms. The van der Waals surface area contributed by atoms with Crippen LogP contribution in [0.2, 0.25) is 0 Å². The summed E-state index contributed by atoms with van der Waals surface area (Å²) in [7, 11) is 3.47. The highest BCUT2D eigenvalue weighted by atomic mass is 16.5. The van der Waals surface area contributed by atoms with Crippen molar-refractivity contribution in [3.63, 3.8) is 0 Å². The number of hydrogen-bond donors (Lipinski definition) is 1. The van der Waals surface area contributed by atoms with E-state index in [0.29, 0.717) is 11.8 Å². The summed E-state index contributed by atoms with van der Waals surface area (Å²) in [6, 6.07) is 0.267. The molecule has 0 heterocycles. The van der Waals surface area contributed by atoms with Crippen LogP contribution < -0.4 is 0 Å². The Morgan fingerprint density at radius 3 is 2.32 bits per heavy atom. The minimum Gasteiger partial charge on any atom is -0.391 e. The molecule has 0 radical (unpaired) electrons. The highest BCUT2D eigenvalue weighted by molar-refractivity contribution is 4.89. The first kappa shape index (κ1) is 16.9. The van der Waals surface area contributed by atoms with Crippen LogP contribution in [0.15, 0.2) is 0 Å². The molecule has 0 aliphatic heterocycles. The van der Waals surface area contributed by atoms with Gasteiger partial charge in [0.25, 0.3) is 0 Å². The number of rotatable bonds is 8. The quantitative estimate of drug-likeness (QED) is 0.684. The minimum atomic E-state index is -0.210. The van der Waals surface area contributed by atoms with Crippen molar-refractivity contribution in [3.05, 3.63) is 0 Å². The summed E-state index contributed by atoms with van der Waals surface area (Å²) in [5.74, 6) is 1.17. The first-order valence-corrected chi connectivity index (χ1v) is 7.50. The van der Waals surface area contributed by atoms with Crippen LogP contribution in [-0.4, -0.2) is 62.7 Å². The zero-order chi connectivity index (χ0) is 14.3. The van der Waals surface area contributed by atoms with Crippen LogP contribution in [-0.2, 0) is 9.47 Å². The lowest BCUT2D eigenvalue weighted by molar-refractivity contribution is -0.0335. The number of aliphatic hydroxyl groups is 1. The van der Waals surface area contributed by atoms with Crippen molar-refractivity contribution in [1.29, 1.82) is 0 Å². The van der Waals surface area contributed by atoms with E-state index in [9.17, 15) is 5.11 Å². The van der Waals surface area contributed by atoms with Crippen molar-refractivity contribution >= 4 is 0 Å². The molecule has 1 aliphatic carbocycles. The first-order valence-electron chi connectivity index (χ1n) is 7.50. The summed E-state index contributed by atoms with van der Waals surface area (Å²) in [5.41, 5.74) is 0. The van der Waals surface area contributed by atoms with Gasteiger partial charge in [-0.25, -0.2) is 0 Å². The van der Waals surface area contributed by atoms with Gasteiger partial charge in [0, 0.05) is 40.0 Å². The summed E-state index contributed by atoms with van der Waals surface area (Å²) in [4.78, 5) is 2.39. The molecule has 1 saturated carbocycles. The van der Waals surface area contributed by atoms with E-state index >= 15 is 0 Å². The Kier molecular flexibility index (Phi) is 7.91. The smallest absolute Gasteiger partial charge is 0.0700 e. The van der Waals surface area contributed by atoms with Gasteiger partial charge < -0.3 is 14.6 Å². The molecule has 1 rings (SSSR count). The maximum atomic E-state index is 10.4. The van der Waals surface area contributed by atoms with Crippen LogP contribution >= 0.6 is 0 Å². The molecular weight excluding hydrogens is 242 g/mol. The van der Waals surface area contributed by atoms with Gasteiger partial charge in [0.15, 0.2) is 0 Å². The van der Waals surface area contributed by atoms with Crippen molar-refractivity contribution in [3.8, 4) is 0 Å². The molecule has 1 N–H and O–H groups in total. The topological polar surface area (TPSA) is 41.9 Å². The van der Waals surface area contributed by atoms with Crippen molar-refractivity contribution in [2.45, 2.75) is 45.3 Å². The number of ether oxygens (including phenoxy) is 2. The van der Waals surface area contributed by atoms with Gasteiger partial charge in [-0.15, -0.1) is 0 Å². The van der Waals surface area contributed by atoms with E-state index in [1.165, 1.54) is 6.42 Å². The largest absolute Gasteiger partial charge is 0.391 e. The fourth-order valence-electron chi connectivity index (χ4n) is 3.43. The molecule has 4 atom stereocenters. The molecule has 4 unspecified atom stereocenters. The molecule has 0 bridgehead atoms. The van der Waals surface area contributed by atoms with E-state index in [2.05, 4.69) is 18.7 Å². The zero-order valence-electron chi connectivity index (χ0n) is 13.0. The lowest BCUT2D eigenvalue weighted by Gasteiger charge is -2.43. The molecule has 114 valence electrons. The van der Waals surface area contributed by atoms with Crippen LogP contribution in [0.5, 0.6) is 0 Å². The lowest BCUT2D eigenvalue weighted by atomic mass is 9.77. The molecule has 4 nitrogen and oxygen atoms in total. The monoisotopic (exact) mass is 273 g/mol. The Morgan fingerprint density at radius 1 is 1.05 bits per heavy atom. The summed E-state index contributed by atoms with van der Waals surface area (Å²) in [6.07, 6.45) is 2.92. The Morgan fingerprint density at radius 2 is 1.74 bits per heavy atom. The molecule has 0 spiro atoms. The molecule has 0 aromatic heterocycles. The lowest BCUT2D eigenvalue weighted by Crippen LogP contribution is -2.52. The van der Waals surface area contributed by atoms with Gasteiger partial charge in [-0.3, -0.25) is 4.90 Å². The van der Waals surface area contributed by atoms with Crippen LogP contribution in [0.3, 0.4) is 0 Å². The predicted octanol–water partition coefficient (Wildman–Crippen LogP) is 1.77. The number of aliphatic hydroxyl groups excluding tert-OH is 1. The van der Waals surface area contributed by atoms with Crippen molar-refractivity contribution in [2.75, 3.05) is 40.5 Å². The molecule has 4 heteroatoms. The molecule has 0 aromatic rings. The normalized spacial score (nSPS) is 31.9. The van der Waals surface area contributed by atoms with E-state index in [-0.39, 0.29) is 12.1 Å². The fourth-order valence-corrected chi connectivity index (χ4v) is 3.43. The summed E-state index contributed by atoms with van der Waals surface area (Å²) >= 11 is 0. The van der Waals surface area contributed by atoms with Gasteiger partial charge >= 0.3 is 0 Å². The Hall–Kier alpha value is -0.160. The van der Waals surface area contributed by atoms with Gasteiger partial charge in [-0.1, -0.05) is 13.8 Å². The Balaban J connectivity index is 2.59. The predicted molar refractivity (Wildman–Crippen MR) is 77.3 cm³/mol. The van der Waals surface area contributed by atoms with Crippen molar-refractivity contribution in [1.82, 2.24) is 4.90 Å². The SMILES string of the molecule is COCCCN(CCOC)C1C(C)CC(C)CC1O. The zero-order valence-corrected chi connectivity index (χ0v) is 13.0. The maximum absolute atomic E-state index is 10.4. The van der Waals surface area contributed by atoms with Crippen molar-refractivity contribution < 1.29 is 14.6 Å². The Labute approximate surface area is 118 Å². The molecule has 0 aromatic carbocycles. The average molecular weight is 273 g/mol. The van der Waals surface area contributed by atoms with E-state index in [1.807, 2.05) is 0 Å². The number of hydrogen-bond acceptors (Lipinski definition) is 4. The van der Waals surface area contributed by atoms with Gasteiger partial charge in [0.2, 0.25) is 0 Å². The van der Waals surface area contributed by atoms with Crippen LogP contribution in [0, 0.1) is 11.8 Å². The molecular formula is C15H31NO3. The third-order valence-electron chi connectivity index (χ3n) is 4.19. The summed E-state index contributed by atoms with van der Waals surface area (Å²) in [6.45, 7) is 7.86. The van der Waals surface area contributed by atoms with Crippen molar-refractivity contribution in [2.24, 2.45) is 11.8 Å². The van der Waals surface area contributed by atoms with Gasteiger partial charge in [-0.2, -0.15) is 0 Å². The molecule has 0 saturated heterocycles. The number of nitrogens with zero attached hydrogens (tertiary/aromatic N) is 1.